The topological polar surface area (TPSA) is 77.0 Å². The van der Waals surface area contributed by atoms with Crippen LogP contribution < -0.4 is 5.56 Å². The molecule has 4 rings (SSSR count). The molecule has 0 spiro atoms. The summed E-state index contributed by atoms with van der Waals surface area (Å²) in [5.74, 6) is 0.520. The number of nitrogens with zero attached hydrogens (tertiary/aromatic N) is 5. The molecule has 0 saturated carbocycles. The summed E-state index contributed by atoms with van der Waals surface area (Å²) in [6.45, 7) is 3.55. The van der Waals surface area contributed by atoms with Gasteiger partial charge in [-0.25, -0.2) is 9.31 Å². The summed E-state index contributed by atoms with van der Waals surface area (Å²) >= 11 is 0. The summed E-state index contributed by atoms with van der Waals surface area (Å²) in [5, 5.41) is 12.1. The molecule has 0 atom stereocenters. The van der Waals surface area contributed by atoms with Gasteiger partial charge in [0.25, 0.3) is 5.56 Å². The lowest BCUT2D eigenvalue weighted by atomic mass is 9.96. The highest BCUT2D eigenvalue weighted by Crippen LogP contribution is 2.21. The fraction of sp³-hybridized carbons (Fsp3) is 0.625. The molecule has 122 valence electrons. The van der Waals surface area contributed by atoms with Crippen molar-refractivity contribution in [2.45, 2.75) is 45.2 Å². The van der Waals surface area contributed by atoms with E-state index in [0.29, 0.717) is 5.92 Å². The standard InChI is InChI=1S/C16H21N5O2/c22-16-8-13-2-1-3-15(13)18-21(16)10-12-4-6-20(7-5-12)11-14-9-17-23-19-14/h8-9,12H,1-7,10-11H2. The van der Waals surface area contributed by atoms with Crippen LogP contribution in [-0.4, -0.2) is 38.1 Å². The third-order valence-corrected chi connectivity index (χ3v) is 4.95. The van der Waals surface area contributed by atoms with Crippen molar-refractivity contribution in [1.82, 2.24) is 25.0 Å². The molecule has 0 aromatic carbocycles. The van der Waals surface area contributed by atoms with Gasteiger partial charge in [0.15, 0.2) is 0 Å². The van der Waals surface area contributed by atoms with Gasteiger partial charge in [0.1, 0.15) is 5.69 Å². The van der Waals surface area contributed by atoms with Crippen LogP contribution in [0.5, 0.6) is 0 Å². The smallest absolute Gasteiger partial charge is 0.267 e. The molecule has 2 aliphatic rings. The van der Waals surface area contributed by atoms with E-state index in [2.05, 4.69) is 24.9 Å². The van der Waals surface area contributed by atoms with Crippen LogP contribution in [0.3, 0.4) is 0 Å². The molecule has 7 nitrogen and oxygen atoms in total. The summed E-state index contributed by atoms with van der Waals surface area (Å²) in [6, 6.07) is 1.79. The molecule has 0 bridgehead atoms. The van der Waals surface area contributed by atoms with E-state index < -0.39 is 0 Å². The Hall–Kier alpha value is -2.02. The molecule has 7 heteroatoms. The molecule has 0 unspecified atom stereocenters. The summed E-state index contributed by atoms with van der Waals surface area (Å²) in [6.07, 6.45) is 6.97. The van der Waals surface area contributed by atoms with E-state index in [4.69, 9.17) is 0 Å². The average molecular weight is 315 g/mol. The molecule has 23 heavy (non-hydrogen) atoms. The average Bonchev–Trinajstić information content (AvgIpc) is 3.21. The lowest BCUT2D eigenvalue weighted by Gasteiger charge is -2.31. The second kappa shape index (κ2) is 6.23. The summed E-state index contributed by atoms with van der Waals surface area (Å²) < 4.78 is 6.32. The van der Waals surface area contributed by atoms with E-state index in [1.165, 1.54) is 0 Å². The minimum absolute atomic E-state index is 0.0572. The molecule has 2 aromatic heterocycles. The molecule has 1 fully saturated rings. The molecule has 0 amide bonds. The van der Waals surface area contributed by atoms with Crippen LogP contribution in [0.25, 0.3) is 0 Å². The Morgan fingerprint density at radius 2 is 2.13 bits per heavy atom. The highest BCUT2D eigenvalue weighted by molar-refractivity contribution is 5.22. The zero-order valence-electron chi connectivity index (χ0n) is 13.1. The van der Waals surface area contributed by atoms with Gasteiger partial charge in [-0.15, -0.1) is 0 Å². The highest BCUT2D eigenvalue weighted by Gasteiger charge is 2.22. The third-order valence-electron chi connectivity index (χ3n) is 4.95. The first-order valence-electron chi connectivity index (χ1n) is 8.36. The number of piperidine rings is 1. The zero-order valence-corrected chi connectivity index (χ0v) is 13.1. The third kappa shape index (κ3) is 3.19. The monoisotopic (exact) mass is 315 g/mol. The van der Waals surface area contributed by atoms with Gasteiger partial charge < -0.3 is 0 Å². The van der Waals surface area contributed by atoms with Gasteiger partial charge in [0.05, 0.1) is 11.9 Å². The Bertz CT molecular complexity index is 717. The van der Waals surface area contributed by atoms with Gasteiger partial charge in [0.2, 0.25) is 0 Å². The molecule has 2 aromatic rings. The van der Waals surface area contributed by atoms with Gasteiger partial charge >= 0.3 is 0 Å². The molecule has 3 heterocycles. The van der Waals surface area contributed by atoms with Crippen molar-refractivity contribution in [3.8, 4) is 0 Å². The Labute approximate surface area is 134 Å². The van der Waals surface area contributed by atoms with Crippen molar-refractivity contribution in [2.24, 2.45) is 5.92 Å². The second-order valence-corrected chi connectivity index (χ2v) is 6.61. The fourth-order valence-corrected chi connectivity index (χ4v) is 3.62. The van der Waals surface area contributed by atoms with E-state index >= 15 is 0 Å². The zero-order chi connectivity index (χ0) is 15.6. The van der Waals surface area contributed by atoms with Crippen molar-refractivity contribution in [3.05, 3.63) is 39.6 Å². The SMILES string of the molecule is O=c1cc2c(nn1CC1CCN(Cc3cnon3)CC1)CCC2. The first-order valence-corrected chi connectivity index (χ1v) is 8.36. The highest BCUT2D eigenvalue weighted by atomic mass is 16.6. The molecule has 0 radical (unpaired) electrons. The van der Waals surface area contributed by atoms with E-state index in [0.717, 1.165) is 75.2 Å². The number of hydrogen-bond acceptors (Lipinski definition) is 6. The minimum atomic E-state index is 0.0572. The maximum Gasteiger partial charge on any atom is 0.267 e. The Kier molecular flexibility index (Phi) is 3.95. The van der Waals surface area contributed by atoms with Gasteiger partial charge in [-0.3, -0.25) is 9.69 Å². The molecule has 1 aliphatic carbocycles. The molecule has 0 N–H and O–H groups in total. The quantitative estimate of drug-likeness (QED) is 0.838. The fourth-order valence-electron chi connectivity index (χ4n) is 3.62. The summed E-state index contributed by atoms with van der Waals surface area (Å²) in [4.78, 5) is 14.5. The Morgan fingerprint density at radius 1 is 1.26 bits per heavy atom. The Balaban J connectivity index is 1.35. The molecule has 1 aliphatic heterocycles. The van der Waals surface area contributed by atoms with Crippen LogP contribution in [0.15, 0.2) is 21.7 Å². The molecule has 1 saturated heterocycles. The number of aryl methyl sites for hydroxylation is 2. The first kappa shape index (κ1) is 14.6. The number of fused-ring (bicyclic) bond motifs is 1. The number of likely N-dealkylation sites (tertiary alicyclic amines) is 1. The lowest BCUT2D eigenvalue weighted by Crippen LogP contribution is -2.36. The van der Waals surface area contributed by atoms with E-state index in [9.17, 15) is 4.79 Å². The number of hydrogen-bond donors (Lipinski definition) is 0. The second-order valence-electron chi connectivity index (χ2n) is 6.61. The van der Waals surface area contributed by atoms with Gasteiger partial charge in [-0.05, 0) is 56.7 Å². The van der Waals surface area contributed by atoms with Gasteiger partial charge in [0, 0.05) is 19.2 Å². The minimum Gasteiger partial charge on any atom is -0.297 e. The van der Waals surface area contributed by atoms with Crippen LogP contribution in [0.1, 0.15) is 36.2 Å². The Morgan fingerprint density at radius 3 is 2.91 bits per heavy atom. The predicted octanol–water partition coefficient (Wildman–Crippen LogP) is 1.03. The van der Waals surface area contributed by atoms with Crippen LogP contribution in [0.4, 0.5) is 0 Å². The van der Waals surface area contributed by atoms with Gasteiger partial charge in [-0.2, -0.15) is 5.10 Å². The van der Waals surface area contributed by atoms with Crippen molar-refractivity contribution in [3.63, 3.8) is 0 Å². The van der Waals surface area contributed by atoms with Crippen molar-refractivity contribution < 1.29 is 4.63 Å². The van der Waals surface area contributed by atoms with Crippen molar-refractivity contribution in [1.29, 1.82) is 0 Å². The normalized spacial score (nSPS) is 19.1. The maximum atomic E-state index is 12.2. The summed E-state index contributed by atoms with van der Waals surface area (Å²) in [7, 11) is 0. The van der Waals surface area contributed by atoms with Crippen molar-refractivity contribution >= 4 is 0 Å². The largest absolute Gasteiger partial charge is 0.297 e. The number of aromatic nitrogens is 4. The maximum absolute atomic E-state index is 12.2. The predicted molar refractivity (Wildman–Crippen MR) is 82.8 cm³/mol. The van der Waals surface area contributed by atoms with Crippen LogP contribution in [-0.2, 0) is 25.9 Å². The van der Waals surface area contributed by atoms with Crippen LogP contribution >= 0.6 is 0 Å². The first-order chi connectivity index (χ1) is 11.3. The van der Waals surface area contributed by atoms with E-state index in [1.807, 2.05) is 0 Å². The van der Waals surface area contributed by atoms with Crippen LogP contribution in [0.2, 0.25) is 0 Å². The lowest BCUT2D eigenvalue weighted by molar-refractivity contribution is 0.159. The molecular formula is C16H21N5O2. The van der Waals surface area contributed by atoms with Gasteiger partial charge in [-0.1, -0.05) is 10.3 Å². The van der Waals surface area contributed by atoms with E-state index in [1.54, 1.807) is 16.9 Å². The van der Waals surface area contributed by atoms with E-state index in [-0.39, 0.29) is 5.56 Å². The molecular weight excluding hydrogens is 294 g/mol. The van der Waals surface area contributed by atoms with Crippen LogP contribution in [0, 0.1) is 5.92 Å². The number of rotatable bonds is 4. The summed E-state index contributed by atoms with van der Waals surface area (Å²) in [5.41, 5.74) is 3.21. The van der Waals surface area contributed by atoms with Crippen molar-refractivity contribution in [2.75, 3.05) is 13.1 Å².